The van der Waals surface area contributed by atoms with Crippen molar-refractivity contribution in [3.63, 3.8) is 0 Å². The molecule has 0 atom stereocenters. The van der Waals surface area contributed by atoms with E-state index in [0.717, 1.165) is 0 Å². The van der Waals surface area contributed by atoms with E-state index in [4.69, 9.17) is 0 Å². The maximum absolute atomic E-state index is 4.23. The van der Waals surface area contributed by atoms with Crippen LogP contribution in [0, 0.1) is 0 Å². The summed E-state index contributed by atoms with van der Waals surface area (Å²) in [5.41, 5.74) is 0. The SMILES string of the molecule is CCC[CH2][Sn]([CH2]CCC)([CH2]CCC)[c]1ccncc1.[K]. The van der Waals surface area contributed by atoms with Crippen LogP contribution in [0.4, 0.5) is 0 Å². The maximum Gasteiger partial charge on any atom is 0 e. The Bertz CT molecular complexity index is 307. The largest absolute Gasteiger partial charge is 0 e. The van der Waals surface area contributed by atoms with Crippen LogP contribution in [0.25, 0.3) is 0 Å². The summed E-state index contributed by atoms with van der Waals surface area (Å²) < 4.78 is 6.39. The molecule has 0 aliphatic heterocycles. The summed E-state index contributed by atoms with van der Waals surface area (Å²) >= 11 is -2.14. The van der Waals surface area contributed by atoms with Crippen molar-refractivity contribution in [2.24, 2.45) is 0 Å². The van der Waals surface area contributed by atoms with Crippen LogP contribution in [0.1, 0.15) is 59.3 Å². The summed E-state index contributed by atoms with van der Waals surface area (Å²) in [7, 11) is 0. The molecule has 109 valence electrons. The molecular formula is C17H31KNSn. The molecule has 0 bridgehead atoms. The minimum absolute atomic E-state index is 0. The van der Waals surface area contributed by atoms with Crippen LogP contribution >= 0.6 is 0 Å². The van der Waals surface area contributed by atoms with Crippen molar-refractivity contribution in [3.8, 4) is 0 Å². The van der Waals surface area contributed by atoms with Gasteiger partial charge >= 0.3 is 124 Å². The molecule has 0 saturated heterocycles. The van der Waals surface area contributed by atoms with Crippen LogP contribution < -0.4 is 3.58 Å². The number of nitrogens with zero attached hydrogens (tertiary/aromatic N) is 1. The Kier molecular flexibility index (Phi) is 14.1. The summed E-state index contributed by atoms with van der Waals surface area (Å²) in [6.07, 6.45) is 12.4. The summed E-state index contributed by atoms with van der Waals surface area (Å²) in [5, 5.41) is 0. The molecule has 0 aromatic carbocycles. The van der Waals surface area contributed by atoms with Crippen molar-refractivity contribution in [1.29, 1.82) is 0 Å². The topological polar surface area (TPSA) is 12.9 Å². The first-order valence-corrected chi connectivity index (χ1v) is 15.7. The molecule has 3 heteroatoms. The third kappa shape index (κ3) is 7.23. The molecule has 0 spiro atoms. The quantitative estimate of drug-likeness (QED) is 0.510. The Morgan fingerprint density at radius 3 is 1.55 bits per heavy atom. The number of hydrogen-bond acceptors (Lipinski definition) is 1. The fraction of sp³-hybridized carbons (Fsp3) is 0.706. The van der Waals surface area contributed by atoms with Crippen LogP contribution in [-0.2, 0) is 0 Å². The van der Waals surface area contributed by atoms with Crippen molar-refractivity contribution in [2.45, 2.75) is 72.6 Å². The second-order valence-electron chi connectivity index (χ2n) is 5.83. The first-order valence-electron chi connectivity index (χ1n) is 8.19. The van der Waals surface area contributed by atoms with Gasteiger partial charge in [-0.1, -0.05) is 0 Å². The van der Waals surface area contributed by atoms with E-state index in [-0.39, 0.29) is 51.4 Å². The third-order valence-corrected chi connectivity index (χ3v) is 20.0. The normalized spacial score (nSPS) is 11.2. The zero-order chi connectivity index (χ0) is 14.0. The summed E-state index contributed by atoms with van der Waals surface area (Å²) in [6, 6.07) is 4.69. The molecule has 1 radical (unpaired) electrons. The number of rotatable bonds is 10. The standard InChI is InChI=1S/C5H4N.3C4H9.K.Sn/c1-2-4-6-5-3-1;3*1-3-4-2;;/h2-5H;3*1,3-4H2,2H3;;. The summed E-state index contributed by atoms with van der Waals surface area (Å²) in [5.74, 6) is 0. The summed E-state index contributed by atoms with van der Waals surface area (Å²) in [6.45, 7) is 7.01. The molecule has 20 heavy (non-hydrogen) atoms. The van der Waals surface area contributed by atoms with Gasteiger partial charge in [0, 0.05) is 51.4 Å². The fourth-order valence-corrected chi connectivity index (χ4v) is 18.9. The number of unbranched alkanes of at least 4 members (excludes halogenated alkanes) is 3. The van der Waals surface area contributed by atoms with Gasteiger partial charge in [-0.2, -0.15) is 0 Å². The molecule has 0 aliphatic rings. The van der Waals surface area contributed by atoms with Gasteiger partial charge in [-0.3, -0.25) is 0 Å². The number of pyridine rings is 1. The molecule has 1 rings (SSSR count). The van der Waals surface area contributed by atoms with Crippen LogP contribution in [0.5, 0.6) is 0 Å². The molecule has 0 aliphatic carbocycles. The van der Waals surface area contributed by atoms with E-state index < -0.39 is 18.4 Å². The van der Waals surface area contributed by atoms with Crippen LogP contribution in [0.2, 0.25) is 13.3 Å². The van der Waals surface area contributed by atoms with E-state index in [2.05, 4.69) is 37.9 Å². The molecule has 0 saturated carbocycles. The summed E-state index contributed by atoms with van der Waals surface area (Å²) in [4.78, 5) is 4.23. The number of aromatic nitrogens is 1. The zero-order valence-electron chi connectivity index (χ0n) is 14.1. The Labute approximate surface area is 173 Å². The van der Waals surface area contributed by atoms with Crippen molar-refractivity contribution in [3.05, 3.63) is 24.5 Å². The maximum atomic E-state index is 4.23. The van der Waals surface area contributed by atoms with Gasteiger partial charge in [0.25, 0.3) is 0 Å². The molecule has 1 aromatic heterocycles. The van der Waals surface area contributed by atoms with Crippen LogP contribution in [0.3, 0.4) is 0 Å². The van der Waals surface area contributed by atoms with Crippen LogP contribution in [-0.4, -0.2) is 74.7 Å². The third-order valence-electron chi connectivity index (χ3n) is 4.32. The van der Waals surface area contributed by atoms with Crippen molar-refractivity contribution in [2.75, 3.05) is 0 Å². The van der Waals surface area contributed by atoms with Crippen LogP contribution in [0.15, 0.2) is 24.5 Å². The predicted molar refractivity (Wildman–Crippen MR) is 94.5 cm³/mol. The fourth-order valence-electron chi connectivity index (χ4n) is 3.06. The van der Waals surface area contributed by atoms with E-state index >= 15 is 0 Å². The molecule has 0 fully saturated rings. The van der Waals surface area contributed by atoms with Gasteiger partial charge in [-0.15, -0.1) is 0 Å². The van der Waals surface area contributed by atoms with Gasteiger partial charge in [-0.25, -0.2) is 0 Å². The molecule has 1 heterocycles. The van der Waals surface area contributed by atoms with Crippen molar-refractivity contribution in [1.82, 2.24) is 4.98 Å². The Balaban J connectivity index is 0.00000361. The van der Waals surface area contributed by atoms with E-state index in [1.165, 1.54) is 38.5 Å². The molecule has 0 amide bonds. The second-order valence-corrected chi connectivity index (χ2v) is 19.1. The smallest absolute Gasteiger partial charge is 0 e. The molecule has 0 unspecified atom stereocenters. The molecular weight excluding hydrogens is 376 g/mol. The monoisotopic (exact) mass is 408 g/mol. The van der Waals surface area contributed by atoms with Crippen molar-refractivity contribution >= 4 is 73.3 Å². The van der Waals surface area contributed by atoms with E-state index in [1.807, 2.05) is 12.4 Å². The zero-order valence-corrected chi connectivity index (χ0v) is 20.1. The van der Waals surface area contributed by atoms with Gasteiger partial charge in [0.15, 0.2) is 0 Å². The molecule has 1 nitrogen and oxygen atoms in total. The minimum Gasteiger partial charge on any atom is 0 e. The Morgan fingerprint density at radius 2 is 1.20 bits per heavy atom. The van der Waals surface area contributed by atoms with E-state index in [0.29, 0.717) is 0 Å². The van der Waals surface area contributed by atoms with E-state index in [1.54, 1.807) is 16.9 Å². The average Bonchev–Trinajstić information content (AvgIpc) is 2.48. The van der Waals surface area contributed by atoms with Gasteiger partial charge in [0.05, 0.1) is 0 Å². The van der Waals surface area contributed by atoms with Gasteiger partial charge in [-0.05, 0) is 0 Å². The minimum atomic E-state index is -2.14. The molecule has 0 N–H and O–H groups in total. The van der Waals surface area contributed by atoms with Crippen molar-refractivity contribution < 1.29 is 0 Å². The second kappa shape index (κ2) is 13.1. The van der Waals surface area contributed by atoms with Gasteiger partial charge in [0.1, 0.15) is 0 Å². The van der Waals surface area contributed by atoms with E-state index in [9.17, 15) is 0 Å². The van der Waals surface area contributed by atoms with Gasteiger partial charge < -0.3 is 0 Å². The Morgan fingerprint density at radius 1 is 0.800 bits per heavy atom. The number of hydrogen-bond donors (Lipinski definition) is 0. The first kappa shape index (κ1) is 21.6. The predicted octanol–water partition coefficient (Wildman–Crippen LogP) is 4.76. The Hall–Kier alpha value is 1.59. The van der Waals surface area contributed by atoms with Gasteiger partial charge in [0.2, 0.25) is 0 Å². The molecule has 1 aromatic rings. The first-order chi connectivity index (χ1) is 9.29. The average molecular weight is 407 g/mol.